The first-order chi connectivity index (χ1) is 19.6. The van der Waals surface area contributed by atoms with Gasteiger partial charge in [0.05, 0.1) is 17.4 Å². The Labute approximate surface area is 242 Å². The molecule has 0 N–H and O–H groups in total. The first-order valence-electron chi connectivity index (χ1n) is 14.5. The van der Waals surface area contributed by atoms with E-state index in [1.54, 1.807) is 18.1 Å². The molecule has 10 heteroatoms. The minimum Gasteiger partial charge on any atom is -0.445 e. The summed E-state index contributed by atoms with van der Waals surface area (Å²) in [4.78, 5) is 34.3. The molecule has 1 aromatic heterocycles. The summed E-state index contributed by atoms with van der Waals surface area (Å²) < 4.78 is 22.6. The van der Waals surface area contributed by atoms with Crippen molar-refractivity contribution in [1.82, 2.24) is 19.9 Å². The maximum atomic E-state index is 13.2. The molecule has 41 heavy (non-hydrogen) atoms. The molecule has 1 saturated heterocycles. The number of hydrogen-bond acceptors (Lipinski definition) is 8. The summed E-state index contributed by atoms with van der Waals surface area (Å²) in [6.07, 6.45) is 4.79. The maximum absolute atomic E-state index is 13.2. The molecule has 2 heterocycles. The van der Waals surface area contributed by atoms with Gasteiger partial charge in [-0.1, -0.05) is 48.1 Å². The van der Waals surface area contributed by atoms with Crippen LogP contribution in [0.5, 0.6) is 0 Å². The fourth-order valence-electron chi connectivity index (χ4n) is 5.84. The number of piperidine rings is 1. The standard InChI is InChI=1S/C31H42N4O6/c1-6-18-39-28(37)35(24-19-23(24)22-10-8-7-9-11-22)20-30(12-13-30)25-32-26(41-33-25)31(21-38-5)14-16-34(17-15-31)27(36)40-29(2,3)4/h6-11,23-24H,1,12-21H2,2-5H3/t23-,24+/m0/s1. The number of ether oxygens (including phenoxy) is 3. The van der Waals surface area contributed by atoms with Crippen LogP contribution in [0, 0.1) is 0 Å². The van der Waals surface area contributed by atoms with Crippen LogP contribution >= 0.6 is 0 Å². The Morgan fingerprint density at radius 1 is 1.15 bits per heavy atom. The summed E-state index contributed by atoms with van der Waals surface area (Å²) in [5.41, 5.74) is -0.188. The van der Waals surface area contributed by atoms with E-state index in [4.69, 9.17) is 23.7 Å². The van der Waals surface area contributed by atoms with Crippen molar-refractivity contribution < 1.29 is 28.3 Å². The molecule has 2 saturated carbocycles. The average molecular weight is 567 g/mol. The molecule has 0 spiro atoms. The zero-order chi connectivity index (χ0) is 29.3. The monoisotopic (exact) mass is 566 g/mol. The van der Waals surface area contributed by atoms with Crippen LogP contribution < -0.4 is 0 Å². The molecule has 0 bridgehead atoms. The number of carbonyl (C=O) groups excluding carboxylic acids is 2. The molecular weight excluding hydrogens is 524 g/mol. The number of hydrogen-bond donors (Lipinski definition) is 0. The summed E-state index contributed by atoms with van der Waals surface area (Å²) in [7, 11) is 1.66. The van der Waals surface area contributed by atoms with Gasteiger partial charge in [-0.2, -0.15) is 4.98 Å². The largest absolute Gasteiger partial charge is 0.445 e. The molecule has 2 atom stereocenters. The predicted molar refractivity (Wildman–Crippen MR) is 152 cm³/mol. The number of aromatic nitrogens is 2. The second-order valence-electron chi connectivity index (χ2n) is 12.7. The Kier molecular flexibility index (Phi) is 8.14. The van der Waals surface area contributed by atoms with Gasteiger partial charge in [-0.15, -0.1) is 0 Å². The molecule has 1 aliphatic heterocycles. The van der Waals surface area contributed by atoms with Gasteiger partial charge in [0.25, 0.3) is 0 Å². The Bertz CT molecular complexity index is 1230. The lowest BCUT2D eigenvalue weighted by atomic mass is 9.79. The number of likely N-dealkylation sites (tertiary alicyclic amines) is 1. The van der Waals surface area contributed by atoms with E-state index in [1.165, 1.54) is 5.56 Å². The molecular formula is C31H42N4O6. The van der Waals surface area contributed by atoms with E-state index in [0.29, 0.717) is 50.8 Å². The van der Waals surface area contributed by atoms with Crippen molar-refractivity contribution in [2.75, 3.05) is 40.0 Å². The lowest BCUT2D eigenvalue weighted by Crippen LogP contribution is -2.48. The summed E-state index contributed by atoms with van der Waals surface area (Å²) in [5.74, 6) is 1.43. The van der Waals surface area contributed by atoms with Gasteiger partial charge in [-0.25, -0.2) is 9.59 Å². The number of benzene rings is 1. The number of carbonyl (C=O) groups is 2. The van der Waals surface area contributed by atoms with Crippen molar-refractivity contribution in [2.45, 2.75) is 81.3 Å². The Hall–Kier alpha value is -3.40. The Morgan fingerprint density at radius 2 is 1.85 bits per heavy atom. The average Bonchev–Trinajstić information content (AvgIpc) is 3.86. The maximum Gasteiger partial charge on any atom is 0.410 e. The summed E-state index contributed by atoms with van der Waals surface area (Å²) in [6, 6.07) is 10.3. The van der Waals surface area contributed by atoms with E-state index in [2.05, 4.69) is 23.9 Å². The van der Waals surface area contributed by atoms with Crippen molar-refractivity contribution in [1.29, 1.82) is 0 Å². The normalized spacial score (nSPS) is 22.5. The topological polar surface area (TPSA) is 107 Å². The summed E-state index contributed by atoms with van der Waals surface area (Å²) >= 11 is 0. The van der Waals surface area contributed by atoms with Crippen LogP contribution in [0.1, 0.15) is 76.1 Å². The molecule has 3 aliphatic rings. The second-order valence-corrected chi connectivity index (χ2v) is 12.7. The van der Waals surface area contributed by atoms with Gasteiger partial charge in [0.15, 0.2) is 5.82 Å². The van der Waals surface area contributed by atoms with Gasteiger partial charge in [-0.3, -0.25) is 0 Å². The molecule has 2 amide bonds. The van der Waals surface area contributed by atoms with E-state index < -0.39 is 11.0 Å². The van der Waals surface area contributed by atoms with E-state index in [0.717, 1.165) is 19.3 Å². The van der Waals surface area contributed by atoms with Crippen LogP contribution in [-0.2, 0) is 25.0 Å². The van der Waals surface area contributed by atoms with Crippen molar-refractivity contribution in [3.05, 3.63) is 60.3 Å². The number of nitrogens with zero attached hydrogens (tertiary/aromatic N) is 4. The Balaban J connectivity index is 1.31. The molecule has 222 valence electrons. The summed E-state index contributed by atoms with van der Waals surface area (Å²) in [6.45, 7) is 11.3. The van der Waals surface area contributed by atoms with E-state index >= 15 is 0 Å². The zero-order valence-corrected chi connectivity index (χ0v) is 24.6. The van der Waals surface area contributed by atoms with Gasteiger partial charge in [0.2, 0.25) is 5.89 Å². The second kappa shape index (κ2) is 11.5. The first kappa shape index (κ1) is 29.1. The highest BCUT2D eigenvalue weighted by atomic mass is 16.6. The molecule has 1 aromatic carbocycles. The van der Waals surface area contributed by atoms with Gasteiger partial charge < -0.3 is 28.5 Å². The fourth-order valence-corrected chi connectivity index (χ4v) is 5.84. The highest BCUT2D eigenvalue weighted by Gasteiger charge is 2.55. The minimum atomic E-state index is -0.550. The summed E-state index contributed by atoms with van der Waals surface area (Å²) in [5, 5.41) is 4.45. The smallest absolute Gasteiger partial charge is 0.410 e. The number of amides is 2. The van der Waals surface area contributed by atoms with Crippen LogP contribution in [0.15, 0.2) is 47.5 Å². The third-order valence-electron chi connectivity index (χ3n) is 8.42. The van der Waals surface area contributed by atoms with E-state index in [9.17, 15) is 9.59 Å². The first-order valence-corrected chi connectivity index (χ1v) is 14.5. The van der Waals surface area contributed by atoms with Crippen molar-refractivity contribution >= 4 is 12.2 Å². The van der Waals surface area contributed by atoms with Gasteiger partial charge in [0.1, 0.15) is 12.2 Å². The third-order valence-corrected chi connectivity index (χ3v) is 8.42. The molecule has 2 aliphatic carbocycles. The molecule has 0 radical (unpaired) electrons. The van der Waals surface area contributed by atoms with Crippen molar-refractivity contribution in [2.24, 2.45) is 0 Å². The highest BCUT2D eigenvalue weighted by Crippen LogP contribution is 2.52. The molecule has 5 rings (SSSR count). The minimum absolute atomic E-state index is 0.0653. The number of methoxy groups -OCH3 is 1. The Morgan fingerprint density at radius 3 is 2.46 bits per heavy atom. The molecule has 3 fully saturated rings. The van der Waals surface area contributed by atoms with E-state index in [1.807, 2.05) is 43.9 Å². The van der Waals surface area contributed by atoms with Crippen molar-refractivity contribution in [3.63, 3.8) is 0 Å². The van der Waals surface area contributed by atoms with Crippen LogP contribution in [-0.4, -0.2) is 83.7 Å². The van der Waals surface area contributed by atoms with Gasteiger partial charge in [0, 0.05) is 38.7 Å². The quantitative estimate of drug-likeness (QED) is 0.362. The lowest BCUT2D eigenvalue weighted by Gasteiger charge is -2.39. The van der Waals surface area contributed by atoms with Crippen LogP contribution in [0.4, 0.5) is 9.59 Å². The lowest BCUT2D eigenvalue weighted by molar-refractivity contribution is 0.00548. The highest BCUT2D eigenvalue weighted by molar-refractivity contribution is 5.69. The SMILES string of the molecule is C=CCOC(=O)N(CC1(c2noc(C3(COC)CCN(C(=O)OC(C)(C)C)CC3)n2)CC1)[C@@H]1C[C@H]1c1ccccc1. The van der Waals surface area contributed by atoms with Gasteiger partial charge >= 0.3 is 12.2 Å². The van der Waals surface area contributed by atoms with Crippen LogP contribution in [0.3, 0.4) is 0 Å². The molecule has 2 aromatic rings. The fraction of sp³-hybridized carbons (Fsp3) is 0.613. The van der Waals surface area contributed by atoms with Gasteiger partial charge in [-0.05, 0) is 58.4 Å². The van der Waals surface area contributed by atoms with E-state index in [-0.39, 0.29) is 36.2 Å². The third kappa shape index (κ3) is 6.42. The van der Waals surface area contributed by atoms with Crippen molar-refractivity contribution in [3.8, 4) is 0 Å². The van der Waals surface area contributed by atoms with Crippen LogP contribution in [0.2, 0.25) is 0 Å². The molecule has 0 unspecified atom stereocenters. The van der Waals surface area contributed by atoms with Crippen LogP contribution in [0.25, 0.3) is 0 Å². The predicted octanol–water partition coefficient (Wildman–Crippen LogP) is 5.20. The number of rotatable bonds is 10. The zero-order valence-electron chi connectivity index (χ0n) is 24.6. The molecule has 10 nitrogen and oxygen atoms in total.